The normalized spacial score (nSPS) is 31.8. The maximum Gasteiger partial charge on any atom is 0.202 e. The van der Waals surface area contributed by atoms with Crippen LogP contribution < -0.4 is 18.9 Å². The Hall–Kier alpha value is -4.08. The van der Waals surface area contributed by atoms with E-state index in [1.54, 1.807) is 0 Å². The Morgan fingerprint density at radius 3 is 0.982 bits per heavy atom. The lowest BCUT2D eigenvalue weighted by molar-refractivity contribution is -0.165. The highest BCUT2D eigenvalue weighted by molar-refractivity contribution is 5.46. The van der Waals surface area contributed by atoms with Crippen molar-refractivity contribution in [3.63, 3.8) is 0 Å². The van der Waals surface area contributed by atoms with Crippen LogP contribution in [0.25, 0.3) is 0 Å². The van der Waals surface area contributed by atoms with Gasteiger partial charge in [0.25, 0.3) is 0 Å². The Bertz CT molecular complexity index is 1820. The number of epoxide rings is 3. The zero-order valence-electron chi connectivity index (χ0n) is 32.3. The predicted octanol–water partition coefficient (Wildman–Crippen LogP) is 8.80. The van der Waals surface area contributed by atoms with Gasteiger partial charge in [-0.15, -0.1) is 0 Å². The monoisotopic (exact) mass is 758 g/mol. The van der Waals surface area contributed by atoms with E-state index in [0.29, 0.717) is 31.7 Å². The molecule has 4 saturated heterocycles. The van der Waals surface area contributed by atoms with E-state index in [0.717, 1.165) is 81.5 Å². The average molecular weight is 759 g/mol. The lowest BCUT2D eigenvalue weighted by atomic mass is 9.57. The minimum Gasteiger partial charge on any atom is -0.491 e. The minimum atomic E-state index is -0.116. The zero-order chi connectivity index (χ0) is 37.4. The molecule has 4 heterocycles. The second-order valence-electron chi connectivity index (χ2n) is 16.9. The molecular formula is C48H54O8. The van der Waals surface area contributed by atoms with E-state index < -0.39 is 0 Å². The first-order valence-corrected chi connectivity index (χ1v) is 21.0. The largest absolute Gasteiger partial charge is 0.491 e. The van der Waals surface area contributed by atoms with Gasteiger partial charge in [0.2, 0.25) is 6.29 Å². The van der Waals surface area contributed by atoms with Crippen LogP contribution in [0.2, 0.25) is 0 Å². The van der Waals surface area contributed by atoms with Gasteiger partial charge >= 0.3 is 0 Å². The first-order valence-electron chi connectivity index (χ1n) is 21.0. The summed E-state index contributed by atoms with van der Waals surface area (Å²) in [4.78, 5) is 0. The molecule has 6 aliphatic rings. The van der Waals surface area contributed by atoms with Crippen LogP contribution in [0, 0.1) is 11.8 Å². The summed E-state index contributed by atoms with van der Waals surface area (Å²) >= 11 is 0. The molecule has 56 heavy (non-hydrogen) atoms. The lowest BCUT2D eigenvalue weighted by Crippen LogP contribution is -2.38. The van der Waals surface area contributed by atoms with E-state index in [1.807, 2.05) is 0 Å². The molecule has 2 aliphatic carbocycles. The van der Waals surface area contributed by atoms with Crippen LogP contribution in [0.5, 0.6) is 23.0 Å². The number of hydrogen-bond acceptors (Lipinski definition) is 8. The highest BCUT2D eigenvalue weighted by Crippen LogP contribution is 2.54. The van der Waals surface area contributed by atoms with Crippen LogP contribution in [-0.4, -0.2) is 70.9 Å². The van der Waals surface area contributed by atoms with E-state index in [1.165, 1.54) is 47.9 Å². The molecule has 10 rings (SSSR count). The Labute approximate surface area is 330 Å². The molecule has 2 saturated carbocycles. The fourth-order valence-corrected chi connectivity index (χ4v) is 9.68. The van der Waals surface area contributed by atoms with Gasteiger partial charge in [0.15, 0.2) is 0 Å². The summed E-state index contributed by atoms with van der Waals surface area (Å²) in [7, 11) is 0. The lowest BCUT2D eigenvalue weighted by Gasteiger charge is -2.47. The van der Waals surface area contributed by atoms with Gasteiger partial charge in [0, 0.05) is 17.3 Å². The van der Waals surface area contributed by atoms with Crippen LogP contribution in [-0.2, 0) is 29.8 Å². The Balaban J connectivity index is 0.853. The average Bonchev–Trinajstić information content (AvgIpc) is 4.09. The highest BCUT2D eigenvalue weighted by atomic mass is 16.7. The molecule has 4 atom stereocenters. The summed E-state index contributed by atoms with van der Waals surface area (Å²) in [6.45, 7) is 5.04. The van der Waals surface area contributed by atoms with Crippen molar-refractivity contribution >= 4 is 0 Å². The summed E-state index contributed by atoms with van der Waals surface area (Å²) in [6.07, 6.45) is 11.0. The summed E-state index contributed by atoms with van der Waals surface area (Å²) in [5.41, 5.74) is 5.40. The maximum absolute atomic E-state index is 6.06. The first kappa shape index (κ1) is 36.3. The molecule has 8 nitrogen and oxygen atoms in total. The molecule has 4 aromatic rings. The molecule has 0 radical (unpaired) electrons. The van der Waals surface area contributed by atoms with Gasteiger partial charge in [-0.2, -0.15) is 0 Å². The second kappa shape index (κ2) is 15.7. The van der Waals surface area contributed by atoms with Gasteiger partial charge < -0.3 is 37.9 Å². The number of ether oxygens (including phenoxy) is 8. The summed E-state index contributed by atoms with van der Waals surface area (Å²) in [6, 6.07) is 35.6. The molecule has 8 heteroatoms. The SMILES string of the molecule is c1cc(C2(c3ccc(OCC4CO4)cc3)CCC(C3CCC(c4ccc(OCC5CO5)cc4)(c4ccc(OC5CCO5)cc4)CC3)CC2)ccc1OCC1CO1. The van der Waals surface area contributed by atoms with Crippen molar-refractivity contribution in [3.05, 3.63) is 119 Å². The van der Waals surface area contributed by atoms with E-state index in [2.05, 4.69) is 97.1 Å². The number of rotatable bonds is 16. The van der Waals surface area contributed by atoms with Gasteiger partial charge in [-0.25, -0.2) is 0 Å². The summed E-state index contributed by atoms with van der Waals surface area (Å²) in [5.74, 6) is 5.03. The van der Waals surface area contributed by atoms with Crippen LogP contribution in [0.1, 0.15) is 80.0 Å². The number of benzene rings is 4. The van der Waals surface area contributed by atoms with Crippen molar-refractivity contribution < 1.29 is 37.9 Å². The molecule has 4 aromatic carbocycles. The molecule has 294 valence electrons. The van der Waals surface area contributed by atoms with Gasteiger partial charge in [-0.3, -0.25) is 0 Å². The molecule has 0 aromatic heterocycles. The molecule has 0 bridgehead atoms. The predicted molar refractivity (Wildman–Crippen MR) is 212 cm³/mol. The Kier molecular flexibility index (Phi) is 10.2. The fourth-order valence-electron chi connectivity index (χ4n) is 9.68. The quantitative estimate of drug-likeness (QED) is 0.105. The molecule has 0 N–H and O–H groups in total. The minimum absolute atomic E-state index is 0.0466. The maximum atomic E-state index is 6.06. The van der Waals surface area contributed by atoms with E-state index in [9.17, 15) is 0 Å². The van der Waals surface area contributed by atoms with Crippen LogP contribution in [0.3, 0.4) is 0 Å². The zero-order valence-corrected chi connectivity index (χ0v) is 32.3. The second-order valence-corrected chi connectivity index (χ2v) is 16.9. The van der Waals surface area contributed by atoms with Crippen molar-refractivity contribution in [1.29, 1.82) is 0 Å². The topological polar surface area (TPSA) is 83.7 Å². The standard InChI is InChI=1S/C48H54O8/c1-9-39(50-27-43-30-53-43)10-2-35(1)47(36-3-11-40(12-4-36)51-28-44-31-54-44)22-17-33(18-23-47)34-19-24-48(25-20-34,37-5-13-41(14-6-37)52-29-45-32-55-45)38-7-15-42(16-8-38)56-46-21-26-49-46/h1-16,33-34,43-46H,17-32H2. The summed E-state index contributed by atoms with van der Waals surface area (Å²) < 4.78 is 45.8. The van der Waals surface area contributed by atoms with Crippen molar-refractivity contribution in [1.82, 2.24) is 0 Å². The van der Waals surface area contributed by atoms with Crippen LogP contribution in [0.4, 0.5) is 0 Å². The highest BCUT2D eigenvalue weighted by Gasteiger charge is 2.44. The van der Waals surface area contributed by atoms with Crippen molar-refractivity contribution in [3.8, 4) is 23.0 Å². The third kappa shape index (κ3) is 8.04. The molecule has 0 amide bonds. The smallest absolute Gasteiger partial charge is 0.202 e. The molecule has 6 fully saturated rings. The third-order valence-electron chi connectivity index (χ3n) is 13.5. The van der Waals surface area contributed by atoms with Crippen molar-refractivity contribution in [2.24, 2.45) is 11.8 Å². The molecule has 4 aliphatic heterocycles. The molecular weight excluding hydrogens is 705 g/mol. The first-order chi connectivity index (χ1) is 27.6. The van der Waals surface area contributed by atoms with E-state index in [-0.39, 0.29) is 35.4 Å². The molecule has 0 spiro atoms. The van der Waals surface area contributed by atoms with E-state index in [4.69, 9.17) is 37.9 Å². The fraction of sp³-hybridized carbons (Fsp3) is 0.500. The Morgan fingerprint density at radius 1 is 0.411 bits per heavy atom. The van der Waals surface area contributed by atoms with Gasteiger partial charge in [0.05, 0.1) is 26.4 Å². The summed E-state index contributed by atoms with van der Waals surface area (Å²) in [5, 5.41) is 0. The van der Waals surface area contributed by atoms with Crippen molar-refractivity contribution in [2.75, 3.05) is 46.2 Å². The molecule has 4 unspecified atom stereocenters. The van der Waals surface area contributed by atoms with Gasteiger partial charge in [0.1, 0.15) is 61.1 Å². The van der Waals surface area contributed by atoms with Crippen LogP contribution >= 0.6 is 0 Å². The third-order valence-corrected chi connectivity index (χ3v) is 13.5. The van der Waals surface area contributed by atoms with Crippen molar-refractivity contribution in [2.45, 2.75) is 93.2 Å². The Morgan fingerprint density at radius 2 is 0.714 bits per heavy atom. The van der Waals surface area contributed by atoms with Crippen LogP contribution in [0.15, 0.2) is 97.1 Å². The van der Waals surface area contributed by atoms with Gasteiger partial charge in [-0.1, -0.05) is 48.5 Å². The number of hydrogen-bond donors (Lipinski definition) is 0. The van der Waals surface area contributed by atoms with E-state index >= 15 is 0 Å². The van der Waals surface area contributed by atoms with Gasteiger partial charge in [-0.05, 0) is 134 Å².